The molecule has 2 rings (SSSR count). The van der Waals surface area contributed by atoms with Crippen LogP contribution in [0.5, 0.6) is 0 Å². The number of aliphatic hydroxyl groups excluding tert-OH is 1. The molecule has 0 aliphatic carbocycles. The molecular weight excluding hydrogens is 264 g/mol. The fraction of sp³-hybridized carbons (Fsp3) is 0.533. The third-order valence-corrected chi connectivity index (χ3v) is 3.78. The molecular formula is C15H19F2NO2. The molecule has 0 saturated carbocycles. The molecule has 1 heterocycles. The minimum atomic E-state index is -0.733. The van der Waals surface area contributed by atoms with E-state index in [-0.39, 0.29) is 29.8 Å². The number of carbonyl (C=O) groups is 1. The molecule has 3 nitrogen and oxygen atoms in total. The van der Waals surface area contributed by atoms with Crippen molar-refractivity contribution in [1.82, 2.24) is 4.90 Å². The Morgan fingerprint density at radius 2 is 2.00 bits per heavy atom. The van der Waals surface area contributed by atoms with Crippen LogP contribution in [0.2, 0.25) is 0 Å². The first-order valence-electron chi connectivity index (χ1n) is 6.85. The number of halogens is 2. The minimum absolute atomic E-state index is 0.0765. The molecule has 20 heavy (non-hydrogen) atoms. The van der Waals surface area contributed by atoms with E-state index in [1.807, 2.05) is 6.92 Å². The lowest BCUT2D eigenvalue weighted by molar-refractivity contribution is 0.0346. The van der Waals surface area contributed by atoms with Crippen LogP contribution in [0, 0.1) is 17.6 Å². The van der Waals surface area contributed by atoms with E-state index in [4.69, 9.17) is 0 Å². The molecule has 1 aliphatic rings. The van der Waals surface area contributed by atoms with Crippen molar-refractivity contribution in [3.05, 3.63) is 35.4 Å². The SMILES string of the molecule is CC1CN(CCC(=O)c2cc(F)cc(F)c2)CCC1O. The highest BCUT2D eigenvalue weighted by Gasteiger charge is 2.24. The molecule has 1 saturated heterocycles. The van der Waals surface area contributed by atoms with Crippen LogP contribution in [0.15, 0.2) is 18.2 Å². The molecule has 1 N–H and O–H groups in total. The maximum Gasteiger partial charge on any atom is 0.164 e. The summed E-state index contributed by atoms with van der Waals surface area (Å²) in [7, 11) is 0. The summed E-state index contributed by atoms with van der Waals surface area (Å²) in [5.41, 5.74) is 0.0765. The largest absolute Gasteiger partial charge is 0.393 e. The average molecular weight is 283 g/mol. The van der Waals surface area contributed by atoms with Gasteiger partial charge >= 0.3 is 0 Å². The molecule has 0 aromatic heterocycles. The zero-order valence-electron chi connectivity index (χ0n) is 11.5. The summed E-state index contributed by atoms with van der Waals surface area (Å²) in [5, 5.41) is 9.64. The smallest absolute Gasteiger partial charge is 0.164 e. The van der Waals surface area contributed by atoms with Gasteiger partial charge in [0.1, 0.15) is 11.6 Å². The first-order chi connectivity index (χ1) is 9.45. The van der Waals surface area contributed by atoms with Crippen LogP contribution in [0.4, 0.5) is 8.78 Å². The monoisotopic (exact) mass is 283 g/mol. The lowest BCUT2D eigenvalue weighted by atomic mass is 9.96. The standard InChI is InChI=1S/C15H19F2NO2/c1-10-9-18(4-2-14(10)19)5-3-15(20)11-6-12(16)8-13(17)7-11/h6-8,10,14,19H,2-5,9H2,1H3. The van der Waals surface area contributed by atoms with Gasteiger partial charge in [0.2, 0.25) is 0 Å². The topological polar surface area (TPSA) is 40.5 Å². The zero-order valence-corrected chi connectivity index (χ0v) is 11.5. The van der Waals surface area contributed by atoms with E-state index in [2.05, 4.69) is 4.90 Å². The minimum Gasteiger partial charge on any atom is -0.393 e. The van der Waals surface area contributed by atoms with E-state index in [1.165, 1.54) is 0 Å². The third kappa shape index (κ3) is 3.84. The van der Waals surface area contributed by atoms with Crippen LogP contribution >= 0.6 is 0 Å². The number of piperidine rings is 1. The summed E-state index contributed by atoms with van der Waals surface area (Å²) in [4.78, 5) is 14.0. The van der Waals surface area contributed by atoms with Crippen LogP contribution < -0.4 is 0 Å². The Morgan fingerprint density at radius 3 is 2.60 bits per heavy atom. The quantitative estimate of drug-likeness (QED) is 0.862. The van der Waals surface area contributed by atoms with Crippen molar-refractivity contribution in [3.63, 3.8) is 0 Å². The molecule has 1 fully saturated rings. The van der Waals surface area contributed by atoms with Crippen LogP contribution in [-0.2, 0) is 0 Å². The summed E-state index contributed by atoms with van der Waals surface area (Å²) >= 11 is 0. The van der Waals surface area contributed by atoms with E-state index in [9.17, 15) is 18.7 Å². The highest BCUT2D eigenvalue weighted by atomic mass is 19.1. The predicted molar refractivity (Wildman–Crippen MR) is 71.5 cm³/mol. The van der Waals surface area contributed by atoms with Crippen molar-refractivity contribution in [1.29, 1.82) is 0 Å². The summed E-state index contributed by atoms with van der Waals surface area (Å²) in [5.74, 6) is -1.54. The second-order valence-corrected chi connectivity index (χ2v) is 5.47. The Hall–Kier alpha value is -1.33. The van der Waals surface area contributed by atoms with Crippen molar-refractivity contribution < 1.29 is 18.7 Å². The van der Waals surface area contributed by atoms with Crippen LogP contribution in [-0.4, -0.2) is 41.5 Å². The highest BCUT2D eigenvalue weighted by Crippen LogP contribution is 2.17. The van der Waals surface area contributed by atoms with Gasteiger partial charge in [0, 0.05) is 37.7 Å². The molecule has 1 aromatic carbocycles. The number of nitrogens with zero attached hydrogens (tertiary/aromatic N) is 1. The lowest BCUT2D eigenvalue weighted by Gasteiger charge is -2.34. The van der Waals surface area contributed by atoms with Gasteiger partial charge in [-0.25, -0.2) is 8.78 Å². The van der Waals surface area contributed by atoms with E-state index in [1.54, 1.807) is 0 Å². The summed E-state index contributed by atoms with van der Waals surface area (Å²) < 4.78 is 26.1. The number of ketones is 1. The molecule has 0 amide bonds. The lowest BCUT2D eigenvalue weighted by Crippen LogP contribution is -2.42. The van der Waals surface area contributed by atoms with Crippen molar-refractivity contribution in [2.75, 3.05) is 19.6 Å². The number of carbonyl (C=O) groups excluding carboxylic acids is 1. The van der Waals surface area contributed by atoms with Gasteiger partial charge in [0.05, 0.1) is 6.10 Å². The van der Waals surface area contributed by atoms with Gasteiger partial charge in [0.25, 0.3) is 0 Å². The number of Topliss-reactive ketones (excluding diaryl/α,β-unsaturated/α-hetero) is 1. The summed E-state index contributed by atoms with van der Waals surface area (Å²) in [6.07, 6.45) is 0.648. The van der Waals surface area contributed by atoms with Gasteiger partial charge in [-0.2, -0.15) is 0 Å². The fourth-order valence-electron chi connectivity index (χ4n) is 2.54. The second-order valence-electron chi connectivity index (χ2n) is 5.47. The van der Waals surface area contributed by atoms with Gasteiger partial charge in [0.15, 0.2) is 5.78 Å². The van der Waals surface area contributed by atoms with Gasteiger partial charge < -0.3 is 10.0 Å². The number of aliphatic hydroxyl groups is 1. The van der Waals surface area contributed by atoms with Crippen molar-refractivity contribution in [2.24, 2.45) is 5.92 Å². The molecule has 1 aromatic rings. The summed E-state index contributed by atoms with van der Waals surface area (Å²) in [6.45, 7) is 4.01. The zero-order chi connectivity index (χ0) is 14.7. The van der Waals surface area contributed by atoms with Gasteiger partial charge in [-0.05, 0) is 24.5 Å². The Morgan fingerprint density at radius 1 is 1.35 bits per heavy atom. The van der Waals surface area contributed by atoms with Gasteiger partial charge in [-0.3, -0.25) is 4.79 Å². The Labute approximate surface area is 117 Å². The Balaban J connectivity index is 1.89. The second kappa shape index (κ2) is 6.41. The van der Waals surface area contributed by atoms with Gasteiger partial charge in [-0.1, -0.05) is 6.92 Å². The molecule has 110 valence electrons. The van der Waals surface area contributed by atoms with Crippen molar-refractivity contribution in [2.45, 2.75) is 25.9 Å². The highest BCUT2D eigenvalue weighted by molar-refractivity contribution is 5.96. The molecule has 2 unspecified atom stereocenters. The van der Waals surface area contributed by atoms with Crippen molar-refractivity contribution in [3.8, 4) is 0 Å². The predicted octanol–water partition coefficient (Wildman–Crippen LogP) is 2.24. The first-order valence-corrected chi connectivity index (χ1v) is 6.85. The number of rotatable bonds is 4. The molecule has 5 heteroatoms. The fourth-order valence-corrected chi connectivity index (χ4v) is 2.54. The van der Waals surface area contributed by atoms with Crippen LogP contribution in [0.3, 0.4) is 0 Å². The normalized spacial score (nSPS) is 23.8. The Bertz CT molecular complexity index is 473. The maximum atomic E-state index is 13.0. The number of hydrogen-bond donors (Lipinski definition) is 1. The first kappa shape index (κ1) is 15.1. The number of benzene rings is 1. The van der Waals surface area contributed by atoms with E-state index >= 15 is 0 Å². The third-order valence-electron chi connectivity index (χ3n) is 3.78. The molecule has 1 aliphatic heterocycles. The average Bonchev–Trinajstić information content (AvgIpc) is 2.38. The van der Waals surface area contributed by atoms with Crippen molar-refractivity contribution >= 4 is 5.78 Å². The van der Waals surface area contributed by atoms with E-state index in [0.717, 1.165) is 31.3 Å². The number of likely N-dealkylation sites (tertiary alicyclic amines) is 1. The van der Waals surface area contributed by atoms with Crippen LogP contribution in [0.25, 0.3) is 0 Å². The van der Waals surface area contributed by atoms with Crippen LogP contribution in [0.1, 0.15) is 30.1 Å². The number of hydrogen-bond acceptors (Lipinski definition) is 3. The Kier molecular flexibility index (Phi) is 4.83. The summed E-state index contributed by atoms with van der Waals surface area (Å²) in [6, 6.07) is 2.88. The molecule has 0 radical (unpaired) electrons. The van der Waals surface area contributed by atoms with E-state index < -0.39 is 11.6 Å². The van der Waals surface area contributed by atoms with E-state index in [0.29, 0.717) is 13.0 Å². The molecule has 0 bridgehead atoms. The van der Waals surface area contributed by atoms with Gasteiger partial charge in [-0.15, -0.1) is 0 Å². The molecule has 0 spiro atoms. The maximum absolute atomic E-state index is 13.0. The molecule has 2 atom stereocenters.